The fourth-order valence-corrected chi connectivity index (χ4v) is 7.27. The van der Waals surface area contributed by atoms with Gasteiger partial charge in [-0.15, -0.1) is 0 Å². The Morgan fingerprint density at radius 1 is 1.02 bits per heavy atom. The quantitative estimate of drug-likeness (QED) is 0.165. The van der Waals surface area contributed by atoms with Crippen molar-refractivity contribution in [2.75, 3.05) is 68.5 Å². The molecule has 2 fully saturated rings. The second kappa shape index (κ2) is 13.8. The minimum atomic E-state index is -4.51. The molecule has 49 heavy (non-hydrogen) atoms. The lowest BCUT2D eigenvalue weighted by Crippen LogP contribution is -2.52. The molecule has 3 aromatic heterocycles. The highest BCUT2D eigenvalue weighted by molar-refractivity contribution is 7.35. The van der Waals surface area contributed by atoms with E-state index >= 15 is 0 Å². The lowest BCUT2D eigenvalue weighted by molar-refractivity contribution is -0.333. The average molecular weight is 693 g/mol. The Morgan fingerprint density at radius 2 is 1.80 bits per heavy atom. The lowest BCUT2D eigenvalue weighted by Gasteiger charge is -2.43. The highest BCUT2D eigenvalue weighted by atomic mass is 31.1. The Kier molecular flexibility index (Phi) is 9.27. The number of benzene rings is 2. The number of ether oxygens (including phenoxy) is 1. The average Bonchev–Trinajstić information content (AvgIpc) is 3.57. The summed E-state index contributed by atoms with van der Waals surface area (Å²) in [5.41, 5.74) is 3.92. The van der Waals surface area contributed by atoms with Gasteiger partial charge in [0.05, 0.1) is 28.1 Å². The van der Waals surface area contributed by atoms with Gasteiger partial charge in [-0.05, 0) is 50.6 Å². The number of piperidine rings is 1. The van der Waals surface area contributed by atoms with Gasteiger partial charge in [0, 0.05) is 68.6 Å². The summed E-state index contributed by atoms with van der Waals surface area (Å²) in [4.78, 5) is 22.7. The van der Waals surface area contributed by atoms with Gasteiger partial charge in [-0.2, -0.15) is 13.2 Å². The number of piperazine rings is 1. The zero-order valence-corrected chi connectivity index (χ0v) is 28.2. The van der Waals surface area contributed by atoms with Crippen LogP contribution in [0.3, 0.4) is 0 Å². The number of likely N-dealkylation sites (N-methyl/N-ethyl adjacent to an activating group) is 1. The first kappa shape index (κ1) is 33.0. The maximum Gasteiger partial charge on any atom is 0.422 e. The minimum Gasteiger partial charge on any atom is -0.481 e. The zero-order chi connectivity index (χ0) is 34.1. The van der Waals surface area contributed by atoms with Crippen LogP contribution < -0.4 is 30.6 Å². The molecule has 0 spiro atoms. The third-order valence-corrected chi connectivity index (χ3v) is 10.0. The van der Waals surface area contributed by atoms with Gasteiger partial charge >= 0.3 is 12.1 Å². The summed E-state index contributed by atoms with van der Waals surface area (Å²) in [7, 11) is 1.96. The van der Waals surface area contributed by atoms with Gasteiger partial charge in [-0.3, -0.25) is 24.7 Å². The van der Waals surface area contributed by atoms with Crippen molar-refractivity contribution in [3.05, 3.63) is 60.4 Å². The van der Waals surface area contributed by atoms with E-state index in [9.17, 15) is 17.7 Å². The molecule has 11 nitrogen and oxygen atoms in total. The maximum absolute atomic E-state index is 13.4. The summed E-state index contributed by atoms with van der Waals surface area (Å²) in [5, 5.41) is 8.42. The monoisotopic (exact) mass is 692 g/mol. The normalized spacial score (nSPS) is 16.9. The third kappa shape index (κ3) is 7.26. The molecular formula is C34H38F3N9O2P+. The van der Waals surface area contributed by atoms with Crippen LogP contribution >= 0.6 is 8.46 Å². The smallest absolute Gasteiger partial charge is 0.422 e. The molecule has 0 atom stereocenters. The van der Waals surface area contributed by atoms with E-state index in [1.165, 1.54) is 0 Å². The molecule has 0 amide bonds. The summed E-state index contributed by atoms with van der Waals surface area (Å²) < 4.78 is 57.9. The first-order valence-corrected chi connectivity index (χ1v) is 17.1. The maximum atomic E-state index is 13.4. The number of H-pyrrole nitrogens is 2. The number of pyridine rings is 1. The predicted molar refractivity (Wildman–Crippen MR) is 185 cm³/mol. The van der Waals surface area contributed by atoms with Crippen LogP contribution in [0.15, 0.2) is 54.9 Å². The van der Waals surface area contributed by atoms with Crippen molar-refractivity contribution in [3.8, 4) is 5.75 Å². The van der Waals surface area contributed by atoms with Gasteiger partial charge < -0.3 is 19.9 Å². The molecule has 0 bridgehead atoms. The van der Waals surface area contributed by atoms with Crippen LogP contribution in [-0.2, 0) is 4.57 Å². The SMILES string of the molecule is Cc1cc(Nc2nc(Nc3cnc4ccccc4c3P=O)c3cc[nH]c3[nH+]2)c(OCC(F)(F)F)cc1N1CCC(N2CCN(C)CC2)CC1. The van der Waals surface area contributed by atoms with Crippen molar-refractivity contribution in [2.24, 2.45) is 0 Å². The van der Waals surface area contributed by atoms with Gasteiger partial charge in [0.1, 0.15) is 5.69 Å². The molecule has 2 saturated heterocycles. The summed E-state index contributed by atoms with van der Waals surface area (Å²) in [5.74, 6) is 0.750. The van der Waals surface area contributed by atoms with Crippen LogP contribution in [0.25, 0.3) is 21.9 Å². The van der Waals surface area contributed by atoms with Crippen molar-refractivity contribution >= 4 is 64.5 Å². The van der Waals surface area contributed by atoms with E-state index in [1.54, 1.807) is 24.5 Å². The number of halogens is 3. The van der Waals surface area contributed by atoms with Crippen LogP contribution in [0.2, 0.25) is 0 Å². The molecule has 2 aliphatic heterocycles. The van der Waals surface area contributed by atoms with Crippen LogP contribution in [0, 0.1) is 6.92 Å². The number of aromatic nitrogens is 4. The van der Waals surface area contributed by atoms with E-state index in [1.807, 2.05) is 37.3 Å². The molecule has 5 aromatic rings. The number of nitrogens with zero attached hydrogens (tertiary/aromatic N) is 5. The first-order chi connectivity index (χ1) is 23.6. The van der Waals surface area contributed by atoms with Crippen molar-refractivity contribution in [1.82, 2.24) is 24.8 Å². The number of alkyl halides is 3. The van der Waals surface area contributed by atoms with Crippen LogP contribution in [-0.4, -0.2) is 89.9 Å². The Balaban J connectivity index is 1.17. The van der Waals surface area contributed by atoms with Gasteiger partial charge in [0.2, 0.25) is 11.5 Å². The number of aromatic amines is 2. The van der Waals surface area contributed by atoms with Crippen molar-refractivity contribution in [1.29, 1.82) is 0 Å². The number of nitrogens with one attached hydrogen (secondary N) is 4. The van der Waals surface area contributed by atoms with E-state index in [2.05, 4.69) is 47.3 Å². The van der Waals surface area contributed by atoms with Gasteiger partial charge in [-0.25, -0.2) is 4.98 Å². The van der Waals surface area contributed by atoms with Gasteiger partial charge in [-0.1, -0.05) is 23.2 Å². The molecule has 0 aliphatic carbocycles. The van der Waals surface area contributed by atoms with E-state index in [0.29, 0.717) is 45.1 Å². The van der Waals surface area contributed by atoms with Crippen molar-refractivity contribution in [2.45, 2.75) is 32.0 Å². The van der Waals surface area contributed by atoms with E-state index in [4.69, 9.17) is 9.72 Å². The number of anilines is 5. The Labute approximate surface area is 283 Å². The number of fused-ring (bicyclic) bond motifs is 2. The van der Waals surface area contributed by atoms with E-state index in [-0.39, 0.29) is 20.2 Å². The Hall–Kier alpha value is -4.52. The molecule has 0 saturated carbocycles. The molecule has 2 aliphatic rings. The number of rotatable bonds is 9. The Morgan fingerprint density at radius 3 is 2.55 bits per heavy atom. The predicted octanol–water partition coefficient (Wildman–Crippen LogP) is 5.80. The second-order valence-corrected chi connectivity index (χ2v) is 13.3. The Bertz CT molecular complexity index is 1970. The van der Waals surface area contributed by atoms with Crippen LogP contribution in [0.5, 0.6) is 5.75 Å². The molecular weight excluding hydrogens is 654 g/mol. The number of hydrogen-bond acceptors (Lipinski definition) is 9. The molecule has 15 heteroatoms. The van der Waals surface area contributed by atoms with Gasteiger partial charge in [0.25, 0.3) is 0 Å². The third-order valence-electron chi connectivity index (χ3n) is 9.36. The molecule has 2 aromatic carbocycles. The van der Waals surface area contributed by atoms with Crippen LogP contribution in [0.1, 0.15) is 18.4 Å². The summed E-state index contributed by atoms with van der Waals surface area (Å²) in [6.45, 7) is 6.40. The standard InChI is InChI=1S/C34H37F3N9O2P/c1-21-17-26(29(48-20-34(35,36)37)18-28(21)46-11-8-22(9-12-46)45-15-13-44(2)14-16-45)41-33-42-31-24(7-10-38-31)32(43-33)40-27-19-39-25-6-4-3-5-23(25)30(27)49-47/h3-7,10,17-19,22H,8-9,11-16,20H2,1-2H3,(H3,38,40,41,42,43)/p+1. The zero-order valence-electron chi connectivity index (χ0n) is 27.3. The molecule has 5 heterocycles. The van der Waals surface area contributed by atoms with Gasteiger partial charge in [0.15, 0.2) is 20.8 Å². The highest BCUT2D eigenvalue weighted by Gasteiger charge is 2.31. The highest BCUT2D eigenvalue weighted by Crippen LogP contribution is 2.37. The molecule has 7 rings (SSSR count). The van der Waals surface area contributed by atoms with Crippen molar-refractivity contribution in [3.63, 3.8) is 0 Å². The second-order valence-electron chi connectivity index (χ2n) is 12.7. The largest absolute Gasteiger partial charge is 0.481 e. The lowest BCUT2D eigenvalue weighted by atomic mass is 10.0. The number of hydrogen-bond donors (Lipinski definition) is 3. The molecule has 0 radical (unpaired) electrons. The number of para-hydroxylation sites is 1. The fraction of sp³-hybridized carbons (Fsp3) is 0.382. The topological polar surface area (TPSA) is 116 Å². The minimum absolute atomic E-state index is 0.0709. The van der Waals surface area contributed by atoms with E-state index < -0.39 is 12.8 Å². The fourth-order valence-electron chi connectivity index (χ4n) is 6.77. The molecule has 256 valence electrons. The number of aryl methyl sites for hydroxylation is 1. The summed E-state index contributed by atoms with van der Waals surface area (Å²) >= 11 is 0. The van der Waals surface area contributed by atoms with Crippen molar-refractivity contribution < 1.29 is 27.5 Å². The van der Waals surface area contributed by atoms with E-state index in [0.717, 1.165) is 68.7 Å². The summed E-state index contributed by atoms with van der Waals surface area (Å²) in [6, 6.07) is 13.3. The first-order valence-electron chi connectivity index (χ1n) is 16.3. The van der Waals surface area contributed by atoms with Crippen LogP contribution in [0.4, 0.5) is 42.0 Å². The molecule has 4 N–H and O–H groups in total. The summed E-state index contributed by atoms with van der Waals surface area (Å²) in [6.07, 6.45) is 0.818. The molecule has 0 unspecified atom stereocenters.